The van der Waals surface area contributed by atoms with Gasteiger partial charge in [-0.25, -0.2) is 4.39 Å². The maximum Gasteiger partial charge on any atom is 0.257 e. The van der Waals surface area contributed by atoms with Crippen LogP contribution < -0.4 is 5.32 Å². The largest absolute Gasteiger partial charge is 0.394 e. The molecule has 5 rings (SSSR count). The topological polar surface area (TPSA) is 73.6 Å². The monoisotopic (exact) mass is 485 g/mol. The quantitative estimate of drug-likeness (QED) is 0.556. The van der Waals surface area contributed by atoms with Gasteiger partial charge in [0.1, 0.15) is 12.0 Å². The fourth-order valence-electron chi connectivity index (χ4n) is 4.74. The number of amides is 1. The van der Waals surface area contributed by atoms with Crippen LogP contribution >= 0.6 is 0 Å². The molecule has 0 bridgehead atoms. The average molecular weight is 486 g/mol. The van der Waals surface area contributed by atoms with Gasteiger partial charge in [-0.2, -0.15) is 5.10 Å². The number of carbonyl (C=O) groups is 1. The zero-order valence-electron chi connectivity index (χ0n) is 20.4. The Kier molecular flexibility index (Phi) is 6.20. The Balaban J connectivity index is 1.39. The van der Waals surface area contributed by atoms with Gasteiger partial charge in [0.2, 0.25) is 0 Å². The number of aryl methyl sites for hydroxylation is 2. The molecule has 36 heavy (non-hydrogen) atoms. The van der Waals surface area contributed by atoms with E-state index in [0.29, 0.717) is 5.56 Å². The second kappa shape index (κ2) is 9.47. The molecule has 2 aromatic carbocycles. The van der Waals surface area contributed by atoms with Crippen molar-refractivity contribution in [1.82, 2.24) is 24.9 Å². The predicted octanol–water partition coefficient (Wildman–Crippen LogP) is 3.81. The number of aliphatic hydroxyl groups excluding tert-OH is 1. The third-order valence-electron chi connectivity index (χ3n) is 6.67. The van der Waals surface area contributed by atoms with Crippen molar-refractivity contribution < 1.29 is 14.3 Å². The molecule has 0 spiro atoms. The Labute approximate surface area is 209 Å². The van der Waals surface area contributed by atoms with Crippen LogP contribution in [0.1, 0.15) is 38.8 Å². The van der Waals surface area contributed by atoms with E-state index in [1.54, 1.807) is 17.8 Å². The zero-order valence-corrected chi connectivity index (χ0v) is 20.4. The summed E-state index contributed by atoms with van der Waals surface area (Å²) in [7, 11) is 3.46. The summed E-state index contributed by atoms with van der Waals surface area (Å²) in [4.78, 5) is 16.6. The van der Waals surface area contributed by atoms with E-state index in [9.17, 15) is 9.90 Å². The molecule has 8 heteroatoms. The van der Waals surface area contributed by atoms with E-state index in [-0.39, 0.29) is 18.3 Å². The Hall–Kier alpha value is -4.17. The molecule has 1 unspecified atom stereocenters. The molecule has 2 aliphatic heterocycles. The van der Waals surface area contributed by atoms with Crippen molar-refractivity contribution in [3.63, 3.8) is 0 Å². The summed E-state index contributed by atoms with van der Waals surface area (Å²) in [5.41, 5.74) is 5.16. The van der Waals surface area contributed by atoms with Crippen LogP contribution in [-0.2, 0) is 7.05 Å². The number of allylic oxidation sites excluding steroid dienone is 2. The van der Waals surface area contributed by atoms with Gasteiger partial charge in [0.15, 0.2) is 0 Å². The second-order valence-electron chi connectivity index (χ2n) is 9.01. The van der Waals surface area contributed by atoms with Gasteiger partial charge >= 0.3 is 0 Å². The summed E-state index contributed by atoms with van der Waals surface area (Å²) in [6, 6.07) is 13.3. The lowest BCUT2D eigenvalue weighted by atomic mass is 10.0. The highest BCUT2D eigenvalue weighted by Crippen LogP contribution is 2.33. The number of fused-ring (bicyclic) bond motifs is 1. The molecule has 2 aliphatic rings. The van der Waals surface area contributed by atoms with Crippen LogP contribution in [0.4, 0.5) is 4.39 Å². The Morgan fingerprint density at radius 2 is 2.03 bits per heavy atom. The van der Waals surface area contributed by atoms with Crippen LogP contribution in [0, 0.1) is 12.7 Å². The van der Waals surface area contributed by atoms with Crippen LogP contribution in [-0.4, -0.2) is 50.4 Å². The van der Waals surface area contributed by atoms with Gasteiger partial charge in [0.05, 0.1) is 29.6 Å². The van der Waals surface area contributed by atoms with E-state index in [4.69, 9.17) is 0 Å². The summed E-state index contributed by atoms with van der Waals surface area (Å²) in [5, 5.41) is 17.6. The highest BCUT2D eigenvalue weighted by Gasteiger charge is 2.29. The van der Waals surface area contributed by atoms with Crippen molar-refractivity contribution in [3.8, 4) is 0 Å². The lowest BCUT2D eigenvalue weighted by Gasteiger charge is -2.28. The third kappa shape index (κ3) is 4.20. The van der Waals surface area contributed by atoms with E-state index in [1.165, 1.54) is 17.0 Å². The number of halogens is 1. The van der Waals surface area contributed by atoms with E-state index in [0.717, 1.165) is 28.1 Å². The lowest BCUT2D eigenvalue weighted by molar-refractivity contribution is 0.0654. The van der Waals surface area contributed by atoms with Crippen LogP contribution in [0.3, 0.4) is 0 Å². The summed E-state index contributed by atoms with van der Waals surface area (Å²) in [5.74, 6) is -1.10. The minimum absolute atomic E-state index is 0.0421. The highest BCUT2D eigenvalue weighted by atomic mass is 19.1. The number of carbonyl (C=O) groups excluding carboxylic acids is 1. The maximum absolute atomic E-state index is 15.3. The molecule has 7 nitrogen and oxygen atoms in total. The number of likely N-dealkylation sites (N-methyl/N-ethyl adjacent to an activating group) is 1. The first-order valence-electron chi connectivity index (χ1n) is 11.8. The van der Waals surface area contributed by atoms with E-state index >= 15 is 4.39 Å². The van der Waals surface area contributed by atoms with Crippen LogP contribution in [0.5, 0.6) is 0 Å². The Morgan fingerprint density at radius 1 is 1.25 bits per heavy atom. The first kappa shape index (κ1) is 23.6. The molecule has 2 N–H and O–H groups in total. The Bertz CT molecular complexity index is 1390. The fourth-order valence-corrected chi connectivity index (χ4v) is 4.74. The summed E-state index contributed by atoms with van der Waals surface area (Å²) in [6.07, 6.45) is 9.88. The predicted molar refractivity (Wildman–Crippen MR) is 137 cm³/mol. The fraction of sp³-hybridized carbons (Fsp3) is 0.214. The summed E-state index contributed by atoms with van der Waals surface area (Å²) >= 11 is 0. The number of aliphatic hydroxyl groups is 1. The van der Waals surface area contributed by atoms with E-state index in [2.05, 4.69) is 16.5 Å². The van der Waals surface area contributed by atoms with E-state index < -0.39 is 17.8 Å². The normalized spacial score (nSPS) is 17.2. The average Bonchev–Trinajstić information content (AvgIpc) is 3.46. The molecular formula is C28H28FN5O2. The minimum Gasteiger partial charge on any atom is -0.394 e. The third-order valence-corrected chi connectivity index (χ3v) is 6.67. The van der Waals surface area contributed by atoms with Crippen LogP contribution in [0.25, 0.3) is 11.3 Å². The summed E-state index contributed by atoms with van der Waals surface area (Å²) < 4.78 is 17.1. The van der Waals surface area contributed by atoms with Crippen LogP contribution in [0.2, 0.25) is 0 Å². The number of hydrogen-bond donors (Lipinski definition) is 2. The number of benzene rings is 2. The first-order chi connectivity index (χ1) is 17.4. The van der Waals surface area contributed by atoms with Crippen molar-refractivity contribution in [3.05, 3.63) is 113 Å². The molecule has 184 valence electrons. The minimum atomic E-state index is -0.613. The van der Waals surface area contributed by atoms with Gasteiger partial charge in [-0.15, -0.1) is 0 Å². The number of nitrogens with zero attached hydrogens (tertiary/aromatic N) is 4. The molecule has 0 radical (unpaired) electrons. The lowest BCUT2D eigenvalue weighted by Crippen LogP contribution is -2.34. The van der Waals surface area contributed by atoms with Crippen molar-refractivity contribution in [2.75, 3.05) is 13.7 Å². The van der Waals surface area contributed by atoms with Crippen molar-refractivity contribution in [2.24, 2.45) is 7.05 Å². The van der Waals surface area contributed by atoms with Crippen molar-refractivity contribution >= 4 is 17.2 Å². The number of aromatic nitrogens is 2. The maximum atomic E-state index is 15.3. The number of rotatable bonds is 6. The zero-order chi connectivity index (χ0) is 25.4. The highest BCUT2D eigenvalue weighted by molar-refractivity contribution is 5.95. The molecule has 2 atom stereocenters. The molecule has 0 fully saturated rings. The van der Waals surface area contributed by atoms with Gasteiger partial charge in [0, 0.05) is 49.4 Å². The second-order valence-corrected chi connectivity index (χ2v) is 9.01. The number of nitrogens with one attached hydrogen (secondary N) is 1. The van der Waals surface area contributed by atoms with Gasteiger partial charge < -0.3 is 20.2 Å². The molecule has 3 heterocycles. The molecule has 1 amide bonds. The molecule has 0 aliphatic carbocycles. The Morgan fingerprint density at radius 3 is 2.69 bits per heavy atom. The molecule has 3 aromatic rings. The summed E-state index contributed by atoms with van der Waals surface area (Å²) in [6.45, 7) is 1.70. The molecular weight excluding hydrogens is 457 g/mol. The van der Waals surface area contributed by atoms with Gasteiger partial charge in [0.25, 0.3) is 5.91 Å². The van der Waals surface area contributed by atoms with E-state index in [1.807, 2.05) is 73.9 Å². The smallest absolute Gasteiger partial charge is 0.257 e. The molecule has 1 aromatic heterocycles. The SMILES string of the molecule is Cc1nn(C)cc1C1=CN2C(c3ccc(C(=O)N(C)[C@@H](CO)c4ccccc4)c(F)c3)=CNC2C=C1. The van der Waals surface area contributed by atoms with Gasteiger partial charge in [-0.05, 0) is 30.7 Å². The van der Waals surface area contributed by atoms with Crippen molar-refractivity contribution in [2.45, 2.75) is 19.1 Å². The van der Waals surface area contributed by atoms with Gasteiger partial charge in [-0.1, -0.05) is 42.5 Å². The standard InChI is InChI=1S/C28H28FN5O2/c1-18-23(16-32(2)31-18)21-10-12-27-30-14-25(34(27)15-21)20-9-11-22(24(29)13-20)28(36)33(3)26(17-35)19-7-5-4-6-8-19/h4-16,26-27,30,35H,17H2,1-3H3/t26-,27?/m0/s1. The van der Waals surface area contributed by atoms with Crippen molar-refractivity contribution in [1.29, 1.82) is 0 Å². The molecule has 0 saturated heterocycles. The van der Waals surface area contributed by atoms with Crippen LogP contribution in [0.15, 0.2) is 79.3 Å². The first-order valence-corrected chi connectivity index (χ1v) is 11.8. The molecule has 0 saturated carbocycles. The number of hydrogen-bond acceptors (Lipinski definition) is 5. The van der Waals surface area contributed by atoms with Gasteiger partial charge in [-0.3, -0.25) is 9.48 Å².